The van der Waals surface area contributed by atoms with Crippen LogP contribution >= 0.6 is 0 Å². The number of hydrogen-bond donors (Lipinski definition) is 3. The third-order valence-electron chi connectivity index (χ3n) is 1.50. The van der Waals surface area contributed by atoms with E-state index in [1.807, 2.05) is 0 Å². The zero-order chi connectivity index (χ0) is 8.72. The van der Waals surface area contributed by atoms with Gasteiger partial charge in [-0.2, -0.15) is 4.98 Å². The second kappa shape index (κ2) is 2.39. The van der Waals surface area contributed by atoms with Crippen molar-refractivity contribution in [3.05, 3.63) is 6.20 Å². The topological polar surface area (TPSA) is 107 Å². The third kappa shape index (κ3) is 0.942. The van der Waals surface area contributed by atoms with E-state index in [1.54, 1.807) is 0 Å². The maximum Gasteiger partial charge on any atom is 0.222 e. The molecule has 0 fully saturated rings. The molecule has 1 aliphatic heterocycles. The smallest absolute Gasteiger partial charge is 0.222 e. The predicted molar refractivity (Wildman–Crippen MR) is 44.5 cm³/mol. The van der Waals surface area contributed by atoms with Crippen LogP contribution in [0.1, 0.15) is 0 Å². The summed E-state index contributed by atoms with van der Waals surface area (Å²) in [5, 5.41) is 2.73. The molecule has 0 unspecified atom stereocenters. The summed E-state index contributed by atoms with van der Waals surface area (Å²) in [5.74, 6) is 0.612. The molecule has 6 nitrogen and oxygen atoms in total. The summed E-state index contributed by atoms with van der Waals surface area (Å²) in [6.07, 6.45) is 1.42. The van der Waals surface area contributed by atoms with Crippen molar-refractivity contribution in [1.82, 2.24) is 9.97 Å². The van der Waals surface area contributed by atoms with Gasteiger partial charge in [-0.25, -0.2) is 4.98 Å². The zero-order valence-corrected chi connectivity index (χ0v) is 6.84. The van der Waals surface area contributed by atoms with E-state index in [1.165, 1.54) is 6.20 Å². The molecule has 2 atom stereocenters. The Balaban J connectivity index is 2.54. The minimum absolute atomic E-state index is 0.146. The molecule has 2 rings (SSSR count). The maximum atomic E-state index is 11.3. The van der Waals surface area contributed by atoms with E-state index in [-0.39, 0.29) is 5.95 Å². The highest BCUT2D eigenvalue weighted by Gasteiger charge is 2.27. The lowest BCUT2D eigenvalue weighted by atomic mass is 10.6. The molecule has 64 valence electrons. The van der Waals surface area contributed by atoms with E-state index in [0.29, 0.717) is 10.7 Å². The molecule has 1 aliphatic rings. The quantitative estimate of drug-likeness (QED) is 0.470. The number of rotatable bonds is 0. The van der Waals surface area contributed by atoms with Crippen molar-refractivity contribution in [3.8, 4) is 0 Å². The summed E-state index contributed by atoms with van der Waals surface area (Å²) in [6, 6.07) is 0. The number of nitrogens with one attached hydrogen (secondary N) is 1. The van der Waals surface area contributed by atoms with Crippen LogP contribution in [0.25, 0.3) is 0 Å². The third-order valence-corrected chi connectivity index (χ3v) is 2.81. The molecule has 0 spiro atoms. The summed E-state index contributed by atoms with van der Waals surface area (Å²) < 4.78 is 11.3. The fraction of sp³-hybridized carbons (Fsp3) is 0.200. The first-order chi connectivity index (χ1) is 5.68. The molecule has 7 heteroatoms. The Hall–Kier alpha value is -1.21. The average Bonchev–Trinajstić information content (AvgIpc) is 2.28. The number of nitrogen functional groups attached to an aromatic ring is 1. The lowest BCUT2D eigenvalue weighted by Gasteiger charge is -1.98. The van der Waals surface area contributed by atoms with Gasteiger partial charge in [0.15, 0.2) is 5.50 Å². The van der Waals surface area contributed by atoms with Crippen molar-refractivity contribution in [2.24, 2.45) is 5.73 Å². The second-order valence-electron chi connectivity index (χ2n) is 2.30. The largest absolute Gasteiger partial charge is 0.368 e. The molecule has 2 heterocycles. The molecule has 5 N–H and O–H groups in total. The Morgan fingerprint density at radius 2 is 2.42 bits per heavy atom. The van der Waals surface area contributed by atoms with Crippen LogP contribution < -0.4 is 16.8 Å². The number of anilines is 2. The van der Waals surface area contributed by atoms with Gasteiger partial charge in [-0.3, -0.25) is 4.21 Å². The van der Waals surface area contributed by atoms with E-state index in [2.05, 4.69) is 15.3 Å². The fourth-order valence-electron chi connectivity index (χ4n) is 0.960. The van der Waals surface area contributed by atoms with Gasteiger partial charge in [0.1, 0.15) is 10.7 Å². The number of nitrogens with zero attached hydrogens (tertiary/aromatic N) is 2. The molecule has 0 amide bonds. The molecule has 12 heavy (non-hydrogen) atoms. The van der Waals surface area contributed by atoms with E-state index >= 15 is 0 Å². The van der Waals surface area contributed by atoms with Gasteiger partial charge < -0.3 is 16.8 Å². The zero-order valence-electron chi connectivity index (χ0n) is 6.02. The summed E-state index contributed by atoms with van der Waals surface area (Å²) in [6.45, 7) is 0. The first-order valence-electron chi connectivity index (χ1n) is 3.23. The van der Waals surface area contributed by atoms with Crippen LogP contribution in [0.5, 0.6) is 0 Å². The van der Waals surface area contributed by atoms with Crippen molar-refractivity contribution in [3.63, 3.8) is 0 Å². The van der Waals surface area contributed by atoms with Gasteiger partial charge in [0.2, 0.25) is 5.95 Å². The Bertz CT molecular complexity index is 354. The minimum Gasteiger partial charge on any atom is -0.368 e. The minimum atomic E-state index is -1.26. The summed E-state index contributed by atoms with van der Waals surface area (Å²) in [4.78, 5) is 8.06. The molecule has 0 aromatic carbocycles. The van der Waals surface area contributed by atoms with Crippen LogP contribution in [0.4, 0.5) is 11.8 Å². The van der Waals surface area contributed by atoms with Gasteiger partial charge in [0, 0.05) is 0 Å². The molecule has 1 aromatic heterocycles. The summed E-state index contributed by atoms with van der Waals surface area (Å²) in [5.41, 5.74) is 10.2. The Kier molecular flexibility index (Phi) is 1.48. The van der Waals surface area contributed by atoms with E-state index in [9.17, 15) is 4.21 Å². The molecular formula is C5H7N5OS. The molecule has 0 radical (unpaired) electrons. The lowest BCUT2D eigenvalue weighted by molar-refractivity contribution is 0.679. The van der Waals surface area contributed by atoms with Gasteiger partial charge >= 0.3 is 0 Å². The van der Waals surface area contributed by atoms with Crippen molar-refractivity contribution in [1.29, 1.82) is 0 Å². The van der Waals surface area contributed by atoms with Crippen molar-refractivity contribution >= 4 is 22.6 Å². The van der Waals surface area contributed by atoms with Crippen molar-refractivity contribution in [2.75, 3.05) is 11.1 Å². The second-order valence-corrected chi connectivity index (χ2v) is 3.85. The molecule has 0 saturated heterocycles. The predicted octanol–water partition coefficient (Wildman–Crippen LogP) is -1.17. The van der Waals surface area contributed by atoms with E-state index in [0.717, 1.165) is 0 Å². The van der Waals surface area contributed by atoms with E-state index in [4.69, 9.17) is 11.5 Å². The molecule has 0 saturated carbocycles. The van der Waals surface area contributed by atoms with Crippen LogP contribution in [-0.2, 0) is 10.8 Å². The van der Waals surface area contributed by atoms with Crippen molar-refractivity contribution < 1.29 is 4.21 Å². The number of fused-ring (bicyclic) bond motifs is 1. The van der Waals surface area contributed by atoms with Gasteiger partial charge in [-0.05, 0) is 0 Å². The normalized spacial score (nSPS) is 26.4. The highest BCUT2D eigenvalue weighted by Crippen LogP contribution is 2.25. The first-order valence-corrected chi connectivity index (χ1v) is 4.45. The number of hydrogen-bond acceptors (Lipinski definition) is 6. The monoisotopic (exact) mass is 185 g/mol. The Morgan fingerprint density at radius 3 is 3.17 bits per heavy atom. The number of nitrogens with two attached hydrogens (primary N) is 2. The van der Waals surface area contributed by atoms with Crippen LogP contribution in [0, 0.1) is 0 Å². The SMILES string of the molecule is Nc1ncc2c(n1)N[C@@H](N)[S@@]2=O. The molecule has 0 aliphatic carbocycles. The Labute approximate surface area is 70.8 Å². The van der Waals surface area contributed by atoms with Gasteiger partial charge in [0.05, 0.1) is 17.0 Å². The van der Waals surface area contributed by atoms with Gasteiger partial charge in [-0.15, -0.1) is 0 Å². The Morgan fingerprint density at radius 1 is 1.67 bits per heavy atom. The van der Waals surface area contributed by atoms with E-state index < -0.39 is 16.3 Å². The average molecular weight is 185 g/mol. The highest BCUT2D eigenvalue weighted by molar-refractivity contribution is 7.86. The highest BCUT2D eigenvalue weighted by atomic mass is 32.2. The van der Waals surface area contributed by atoms with Crippen LogP contribution in [0.3, 0.4) is 0 Å². The van der Waals surface area contributed by atoms with Crippen molar-refractivity contribution in [2.45, 2.75) is 10.4 Å². The van der Waals surface area contributed by atoms with Gasteiger partial charge in [-0.1, -0.05) is 0 Å². The number of aromatic nitrogens is 2. The molecule has 1 aromatic rings. The first kappa shape index (κ1) is 7.44. The van der Waals surface area contributed by atoms with Crippen LogP contribution in [0.2, 0.25) is 0 Å². The van der Waals surface area contributed by atoms with Gasteiger partial charge in [0.25, 0.3) is 0 Å². The maximum absolute atomic E-state index is 11.3. The fourth-order valence-corrected chi connectivity index (χ4v) is 1.90. The standard InChI is InChI=1S/C5H7N5OS/c6-4-8-1-2-3(9-4)10-5(7)12(2)11/h1,5H,7H2,(H3,6,8,9,10)/t5-,12-/m1/s1. The lowest BCUT2D eigenvalue weighted by Crippen LogP contribution is -2.28. The summed E-state index contributed by atoms with van der Waals surface area (Å²) >= 11 is 0. The summed E-state index contributed by atoms with van der Waals surface area (Å²) in [7, 11) is -1.26. The van der Waals surface area contributed by atoms with Crippen LogP contribution in [-0.4, -0.2) is 19.7 Å². The molecule has 0 bridgehead atoms. The molecular weight excluding hydrogens is 178 g/mol. The van der Waals surface area contributed by atoms with Crippen LogP contribution in [0.15, 0.2) is 11.1 Å².